The minimum atomic E-state index is 0.147. The molecule has 1 fully saturated rings. The molecular weight excluding hydrogens is 250 g/mol. The van der Waals surface area contributed by atoms with Crippen LogP contribution in [0.4, 0.5) is 0 Å². The lowest BCUT2D eigenvalue weighted by Gasteiger charge is -2.36. The topological polar surface area (TPSA) is 20.3 Å². The third-order valence-corrected chi connectivity index (χ3v) is 5.03. The van der Waals surface area contributed by atoms with Gasteiger partial charge in [-0.15, -0.1) is 24.0 Å². The Balaban J connectivity index is 2.08. The molecule has 0 saturated heterocycles. The van der Waals surface area contributed by atoms with E-state index in [1.807, 2.05) is 23.4 Å². The largest absolute Gasteiger partial charge is 0.338 e. The first-order valence-corrected chi connectivity index (χ1v) is 7.47. The van der Waals surface area contributed by atoms with Crippen LogP contribution in [0, 0.1) is 5.92 Å². The summed E-state index contributed by atoms with van der Waals surface area (Å²) in [5.74, 6) is 0.766. The molecule has 1 aliphatic rings. The van der Waals surface area contributed by atoms with Crippen LogP contribution in [0.25, 0.3) is 0 Å². The second kappa shape index (κ2) is 5.44. The minimum absolute atomic E-state index is 0.147. The van der Waals surface area contributed by atoms with Gasteiger partial charge in [0.05, 0.1) is 4.88 Å². The summed E-state index contributed by atoms with van der Waals surface area (Å²) >= 11 is 5.74. The van der Waals surface area contributed by atoms with Crippen molar-refractivity contribution in [2.75, 3.05) is 7.05 Å². The van der Waals surface area contributed by atoms with Gasteiger partial charge in [0.15, 0.2) is 0 Å². The van der Waals surface area contributed by atoms with Crippen molar-refractivity contribution in [1.82, 2.24) is 4.90 Å². The van der Waals surface area contributed by atoms with E-state index in [9.17, 15) is 4.79 Å². The van der Waals surface area contributed by atoms with E-state index in [0.717, 1.165) is 16.2 Å². The summed E-state index contributed by atoms with van der Waals surface area (Å²) in [5.41, 5.74) is 0. The third kappa shape index (κ3) is 2.86. The van der Waals surface area contributed by atoms with Crippen molar-refractivity contribution >= 4 is 29.9 Å². The highest BCUT2D eigenvalue weighted by Crippen LogP contribution is 2.29. The highest BCUT2D eigenvalue weighted by atomic mass is 32.1. The molecule has 2 nitrogen and oxygen atoms in total. The molecule has 1 amide bonds. The molecule has 17 heavy (non-hydrogen) atoms. The number of thiophene rings is 1. The number of nitrogens with zero attached hydrogens (tertiary/aromatic N) is 1. The van der Waals surface area contributed by atoms with E-state index in [2.05, 4.69) is 19.6 Å². The van der Waals surface area contributed by atoms with Crippen molar-refractivity contribution in [3.63, 3.8) is 0 Å². The zero-order valence-electron chi connectivity index (χ0n) is 10.3. The molecule has 1 saturated carbocycles. The maximum atomic E-state index is 12.3. The Hall–Kier alpha value is -0.480. The van der Waals surface area contributed by atoms with E-state index in [1.54, 1.807) is 0 Å². The third-order valence-electron chi connectivity index (χ3n) is 3.68. The van der Waals surface area contributed by atoms with E-state index >= 15 is 0 Å². The smallest absolute Gasteiger partial charge is 0.263 e. The summed E-state index contributed by atoms with van der Waals surface area (Å²) < 4.78 is 0. The molecule has 1 aliphatic carbocycles. The van der Waals surface area contributed by atoms with E-state index in [0.29, 0.717) is 12.0 Å². The van der Waals surface area contributed by atoms with E-state index in [1.165, 1.54) is 30.6 Å². The van der Waals surface area contributed by atoms with Gasteiger partial charge in [-0.2, -0.15) is 0 Å². The van der Waals surface area contributed by atoms with E-state index in [-0.39, 0.29) is 5.91 Å². The van der Waals surface area contributed by atoms with Crippen LogP contribution in [-0.2, 0) is 0 Å². The van der Waals surface area contributed by atoms with Crippen LogP contribution >= 0.6 is 24.0 Å². The molecule has 0 spiro atoms. The molecule has 0 N–H and O–H groups in total. The first kappa shape index (κ1) is 13.0. The number of rotatable bonds is 2. The van der Waals surface area contributed by atoms with Crippen molar-refractivity contribution in [2.24, 2.45) is 5.92 Å². The molecule has 0 bridgehead atoms. The number of hydrogen-bond donors (Lipinski definition) is 1. The van der Waals surface area contributed by atoms with Crippen LogP contribution in [-0.4, -0.2) is 23.9 Å². The molecule has 1 aromatic heterocycles. The van der Waals surface area contributed by atoms with Crippen molar-refractivity contribution in [3.8, 4) is 0 Å². The van der Waals surface area contributed by atoms with Gasteiger partial charge in [-0.25, -0.2) is 0 Å². The van der Waals surface area contributed by atoms with Crippen molar-refractivity contribution in [1.29, 1.82) is 0 Å². The zero-order valence-corrected chi connectivity index (χ0v) is 12.1. The molecule has 1 heterocycles. The number of thiol groups is 1. The van der Waals surface area contributed by atoms with Crippen molar-refractivity contribution in [3.05, 3.63) is 16.3 Å². The quantitative estimate of drug-likeness (QED) is 0.812. The highest BCUT2D eigenvalue weighted by molar-refractivity contribution is 7.80. The molecule has 0 radical (unpaired) electrons. The molecule has 1 aromatic rings. The van der Waals surface area contributed by atoms with Crippen molar-refractivity contribution in [2.45, 2.75) is 43.5 Å². The Morgan fingerprint density at radius 3 is 2.76 bits per heavy atom. The van der Waals surface area contributed by atoms with Gasteiger partial charge in [-0.3, -0.25) is 4.79 Å². The van der Waals surface area contributed by atoms with Crippen LogP contribution in [0.3, 0.4) is 0 Å². The van der Waals surface area contributed by atoms with Crippen LogP contribution in [0.15, 0.2) is 16.3 Å². The lowest BCUT2D eigenvalue weighted by molar-refractivity contribution is 0.0633. The van der Waals surface area contributed by atoms with Crippen molar-refractivity contribution < 1.29 is 4.79 Å². The summed E-state index contributed by atoms with van der Waals surface area (Å²) in [6.45, 7) is 2.26. The number of carbonyl (C=O) groups is 1. The summed E-state index contributed by atoms with van der Waals surface area (Å²) in [6.07, 6.45) is 4.93. The first-order chi connectivity index (χ1) is 8.09. The van der Waals surface area contributed by atoms with Gasteiger partial charge in [-0.05, 0) is 24.8 Å². The summed E-state index contributed by atoms with van der Waals surface area (Å²) in [5, 5.41) is 1.91. The Bertz CT molecular complexity index is 402. The van der Waals surface area contributed by atoms with Gasteiger partial charge in [0, 0.05) is 23.4 Å². The van der Waals surface area contributed by atoms with Gasteiger partial charge in [0.1, 0.15) is 0 Å². The van der Waals surface area contributed by atoms with Crippen LogP contribution in [0.1, 0.15) is 42.3 Å². The Kier molecular flexibility index (Phi) is 4.15. The molecule has 4 heteroatoms. The lowest BCUT2D eigenvalue weighted by atomic mass is 9.85. The van der Waals surface area contributed by atoms with E-state index < -0.39 is 0 Å². The average molecular weight is 269 g/mol. The lowest BCUT2D eigenvalue weighted by Crippen LogP contribution is -2.42. The van der Waals surface area contributed by atoms with Crippen LogP contribution in [0.5, 0.6) is 0 Å². The fourth-order valence-electron chi connectivity index (χ4n) is 2.63. The molecule has 0 aromatic carbocycles. The van der Waals surface area contributed by atoms with Gasteiger partial charge in [-0.1, -0.05) is 19.8 Å². The molecule has 2 unspecified atom stereocenters. The van der Waals surface area contributed by atoms with Gasteiger partial charge >= 0.3 is 0 Å². The fraction of sp³-hybridized carbons (Fsp3) is 0.615. The Labute approximate surface area is 112 Å². The predicted molar refractivity (Wildman–Crippen MR) is 75.1 cm³/mol. The van der Waals surface area contributed by atoms with Crippen LogP contribution in [0.2, 0.25) is 0 Å². The highest BCUT2D eigenvalue weighted by Gasteiger charge is 2.28. The van der Waals surface area contributed by atoms with Gasteiger partial charge < -0.3 is 4.90 Å². The molecule has 2 rings (SSSR count). The maximum absolute atomic E-state index is 12.3. The maximum Gasteiger partial charge on any atom is 0.263 e. The molecule has 94 valence electrons. The SMILES string of the molecule is CC1CCCCC1N(C)C(=O)c1cc(S)cs1. The Morgan fingerprint density at radius 2 is 2.18 bits per heavy atom. The summed E-state index contributed by atoms with van der Waals surface area (Å²) in [7, 11) is 1.94. The summed E-state index contributed by atoms with van der Waals surface area (Å²) in [6, 6.07) is 2.27. The molecule has 0 aliphatic heterocycles. The standard InChI is InChI=1S/C13H19NOS2/c1-9-5-3-4-6-11(9)14(2)13(15)12-7-10(16)8-17-12/h7-9,11,16H,3-6H2,1-2H3. The van der Waals surface area contributed by atoms with Crippen LogP contribution < -0.4 is 0 Å². The van der Waals surface area contributed by atoms with Gasteiger partial charge in [0.2, 0.25) is 0 Å². The molecule has 2 atom stereocenters. The fourth-order valence-corrected chi connectivity index (χ4v) is 3.76. The molecular formula is C13H19NOS2. The normalized spacial score (nSPS) is 24.6. The zero-order chi connectivity index (χ0) is 12.4. The number of amides is 1. The average Bonchev–Trinajstić information content (AvgIpc) is 2.75. The summed E-state index contributed by atoms with van der Waals surface area (Å²) in [4.78, 5) is 15.9. The number of hydrogen-bond acceptors (Lipinski definition) is 3. The predicted octanol–water partition coefficient (Wildman–Crippen LogP) is 3.69. The first-order valence-electron chi connectivity index (χ1n) is 6.14. The van der Waals surface area contributed by atoms with E-state index in [4.69, 9.17) is 0 Å². The number of carbonyl (C=O) groups excluding carboxylic acids is 1. The van der Waals surface area contributed by atoms with Gasteiger partial charge in [0.25, 0.3) is 5.91 Å². The second-order valence-corrected chi connectivity index (χ2v) is 6.34. The Morgan fingerprint density at radius 1 is 1.47 bits per heavy atom. The second-order valence-electron chi connectivity index (χ2n) is 4.91. The minimum Gasteiger partial charge on any atom is -0.338 e. The monoisotopic (exact) mass is 269 g/mol.